The van der Waals surface area contributed by atoms with E-state index in [-0.39, 0.29) is 12.0 Å². The smallest absolute Gasteiger partial charge is 0.339 e. The minimum absolute atomic E-state index is 0.0731. The summed E-state index contributed by atoms with van der Waals surface area (Å²) in [4.78, 5) is 34.7. The van der Waals surface area contributed by atoms with Gasteiger partial charge >= 0.3 is 11.9 Å². The second-order valence-corrected chi connectivity index (χ2v) is 5.70. The molecule has 0 aromatic rings. The molecule has 2 bridgehead atoms. The van der Waals surface area contributed by atoms with Gasteiger partial charge in [0, 0.05) is 13.8 Å². The van der Waals surface area contributed by atoms with Crippen molar-refractivity contribution in [2.45, 2.75) is 77.3 Å². The maximum Gasteiger partial charge on any atom is 0.339 e. The van der Waals surface area contributed by atoms with Gasteiger partial charge in [-0.15, -0.1) is 0 Å². The van der Waals surface area contributed by atoms with Crippen LogP contribution in [-0.4, -0.2) is 54.6 Å². The van der Waals surface area contributed by atoms with E-state index >= 15 is 0 Å². The summed E-state index contributed by atoms with van der Waals surface area (Å²) in [5.74, 6) is -1.49. The van der Waals surface area contributed by atoms with Crippen LogP contribution in [0.5, 0.6) is 0 Å². The predicted molar refractivity (Wildman–Crippen MR) is 77.2 cm³/mol. The zero-order chi connectivity index (χ0) is 17.1. The molecule has 8 heteroatoms. The van der Waals surface area contributed by atoms with Crippen LogP contribution >= 0.6 is 0 Å². The van der Waals surface area contributed by atoms with Crippen LogP contribution in [0.15, 0.2) is 0 Å². The van der Waals surface area contributed by atoms with E-state index in [0.29, 0.717) is 0 Å². The highest BCUT2D eigenvalue weighted by molar-refractivity contribution is 5.80. The number of ether oxygens (including phenoxy) is 4. The summed E-state index contributed by atoms with van der Waals surface area (Å²) in [6.45, 7) is 6.53. The third-order valence-corrected chi connectivity index (χ3v) is 3.94. The first-order valence-electron chi connectivity index (χ1n) is 7.83. The lowest BCUT2D eigenvalue weighted by Gasteiger charge is -2.39. The van der Waals surface area contributed by atoms with Gasteiger partial charge in [-0.3, -0.25) is 9.59 Å². The number of fused-ring (bicyclic) bond motifs is 2. The summed E-state index contributed by atoms with van der Waals surface area (Å²) in [6, 6.07) is -0.736. The van der Waals surface area contributed by atoms with Gasteiger partial charge in [-0.05, 0) is 12.8 Å². The molecule has 0 radical (unpaired) electrons. The van der Waals surface area contributed by atoms with Crippen LogP contribution in [0.3, 0.4) is 0 Å². The molecular weight excluding hydrogens is 306 g/mol. The molecule has 1 amide bonds. The van der Waals surface area contributed by atoms with Crippen molar-refractivity contribution in [3.8, 4) is 0 Å². The van der Waals surface area contributed by atoms with Gasteiger partial charge in [-0.2, -0.15) is 0 Å². The van der Waals surface area contributed by atoms with Crippen LogP contribution in [0.25, 0.3) is 0 Å². The van der Waals surface area contributed by atoms with Crippen molar-refractivity contribution in [2.75, 3.05) is 0 Å². The second-order valence-electron chi connectivity index (χ2n) is 5.70. The molecule has 2 heterocycles. The number of hydrogen-bond acceptors (Lipinski definition) is 7. The second kappa shape index (κ2) is 7.27. The molecule has 0 aliphatic carbocycles. The monoisotopic (exact) mass is 329 g/mol. The molecule has 5 atom stereocenters. The molecule has 2 saturated heterocycles. The molecule has 23 heavy (non-hydrogen) atoms. The number of amides is 1. The minimum Gasteiger partial charge on any atom is -0.455 e. The van der Waals surface area contributed by atoms with Gasteiger partial charge in [0.2, 0.25) is 5.91 Å². The van der Waals surface area contributed by atoms with E-state index in [1.54, 1.807) is 0 Å². The summed E-state index contributed by atoms with van der Waals surface area (Å²) in [5.41, 5.74) is 0. The van der Waals surface area contributed by atoms with E-state index in [4.69, 9.17) is 18.9 Å². The molecule has 2 aliphatic heterocycles. The van der Waals surface area contributed by atoms with Gasteiger partial charge in [0.15, 0.2) is 24.6 Å². The lowest BCUT2D eigenvalue weighted by Crippen LogP contribution is -2.62. The summed E-state index contributed by atoms with van der Waals surface area (Å²) < 4.78 is 21.9. The Hall–Kier alpha value is -1.67. The van der Waals surface area contributed by atoms with Crippen LogP contribution in [0.2, 0.25) is 0 Å². The first kappa shape index (κ1) is 17.7. The van der Waals surface area contributed by atoms with Crippen LogP contribution < -0.4 is 5.32 Å². The van der Waals surface area contributed by atoms with Gasteiger partial charge in [0.1, 0.15) is 6.04 Å². The quantitative estimate of drug-likeness (QED) is 0.699. The molecule has 2 rings (SSSR count). The fourth-order valence-corrected chi connectivity index (χ4v) is 2.86. The number of carbonyl (C=O) groups excluding carboxylic acids is 3. The van der Waals surface area contributed by atoms with Crippen LogP contribution in [0.1, 0.15) is 40.5 Å². The summed E-state index contributed by atoms with van der Waals surface area (Å²) in [7, 11) is 0. The Bertz CT molecular complexity index is 476. The van der Waals surface area contributed by atoms with Crippen LogP contribution in [0, 0.1) is 0 Å². The topological polar surface area (TPSA) is 100 Å². The molecule has 8 nitrogen and oxygen atoms in total. The van der Waals surface area contributed by atoms with Crippen LogP contribution in [-0.2, 0) is 33.3 Å². The number of carbonyl (C=O) groups is 3. The fourth-order valence-electron chi connectivity index (χ4n) is 2.86. The minimum atomic E-state index is -1.03. The zero-order valence-corrected chi connectivity index (χ0v) is 13.7. The normalized spacial score (nSPS) is 32.6. The fraction of sp³-hybridized carbons (Fsp3) is 0.800. The van der Waals surface area contributed by atoms with E-state index in [2.05, 4.69) is 5.32 Å². The average molecular weight is 329 g/mol. The van der Waals surface area contributed by atoms with E-state index in [1.165, 1.54) is 13.8 Å². The summed E-state index contributed by atoms with van der Waals surface area (Å²) in [5, 5.41) is 2.68. The predicted octanol–water partition coefficient (Wildman–Crippen LogP) is 0.278. The Morgan fingerprint density at radius 2 is 1.91 bits per heavy atom. The van der Waals surface area contributed by atoms with Crippen LogP contribution in [0.4, 0.5) is 0 Å². The van der Waals surface area contributed by atoms with Crippen molar-refractivity contribution in [3.05, 3.63) is 0 Å². The van der Waals surface area contributed by atoms with E-state index < -0.39 is 42.6 Å². The SMILES string of the molecule is CCC(CC)O[C@@H]1O[C@@H]2C(=O)O[C@@H]([C@H]1NC(C)=O)[C@@H]2OC(C)=O. The standard InChI is InChI=1S/C15H23NO7/c1-5-9(6-2)21-15-10(16-7(3)17)11-12(20-8(4)18)13(23-15)14(19)22-11/h9-13,15H,5-6H2,1-4H3,(H,16,17)/t10-,11+,12+,13+,15-/m1/s1. The lowest BCUT2D eigenvalue weighted by atomic mass is 9.99. The Labute approximate surface area is 134 Å². The molecule has 2 fully saturated rings. The highest BCUT2D eigenvalue weighted by atomic mass is 16.7. The Morgan fingerprint density at radius 3 is 2.43 bits per heavy atom. The van der Waals surface area contributed by atoms with Crippen molar-refractivity contribution in [1.29, 1.82) is 0 Å². The average Bonchev–Trinajstić information content (AvgIpc) is 2.68. The maximum absolute atomic E-state index is 11.9. The van der Waals surface area contributed by atoms with Crippen molar-refractivity contribution >= 4 is 17.8 Å². The van der Waals surface area contributed by atoms with Gasteiger partial charge in [-0.1, -0.05) is 13.8 Å². The maximum atomic E-state index is 11.9. The van der Waals surface area contributed by atoms with Crippen molar-refractivity contribution in [3.63, 3.8) is 0 Å². The van der Waals surface area contributed by atoms with Crippen molar-refractivity contribution in [1.82, 2.24) is 5.32 Å². The highest BCUT2D eigenvalue weighted by Gasteiger charge is 2.59. The van der Waals surface area contributed by atoms with E-state index in [0.717, 1.165) is 12.8 Å². The lowest BCUT2D eigenvalue weighted by molar-refractivity contribution is -0.248. The van der Waals surface area contributed by atoms with E-state index in [9.17, 15) is 14.4 Å². The van der Waals surface area contributed by atoms with E-state index in [1.807, 2.05) is 13.8 Å². The summed E-state index contributed by atoms with van der Waals surface area (Å²) >= 11 is 0. The van der Waals surface area contributed by atoms with Gasteiger partial charge in [-0.25, -0.2) is 4.79 Å². The third kappa shape index (κ3) is 3.81. The Kier molecular flexibility index (Phi) is 5.59. The van der Waals surface area contributed by atoms with Gasteiger partial charge in [0.05, 0.1) is 6.10 Å². The molecule has 1 N–H and O–H groups in total. The zero-order valence-electron chi connectivity index (χ0n) is 13.7. The first-order chi connectivity index (χ1) is 10.9. The molecule has 0 saturated carbocycles. The molecular formula is C15H23NO7. The number of hydrogen-bond donors (Lipinski definition) is 1. The third-order valence-electron chi connectivity index (χ3n) is 3.94. The number of esters is 2. The molecule has 0 spiro atoms. The Balaban J connectivity index is 2.22. The molecule has 0 unspecified atom stereocenters. The van der Waals surface area contributed by atoms with Crippen molar-refractivity contribution < 1.29 is 33.3 Å². The summed E-state index contributed by atoms with van der Waals surface area (Å²) in [6.07, 6.45) is -2.13. The van der Waals surface area contributed by atoms with Crippen molar-refractivity contribution in [2.24, 2.45) is 0 Å². The number of rotatable bonds is 6. The molecule has 2 aliphatic rings. The molecule has 130 valence electrons. The molecule has 0 aromatic heterocycles. The molecule has 0 aromatic carbocycles. The largest absolute Gasteiger partial charge is 0.455 e. The van der Waals surface area contributed by atoms with Gasteiger partial charge in [0.25, 0.3) is 0 Å². The first-order valence-corrected chi connectivity index (χ1v) is 7.83. The number of nitrogens with one attached hydrogen (secondary N) is 1. The van der Waals surface area contributed by atoms with Gasteiger partial charge < -0.3 is 24.3 Å². The Morgan fingerprint density at radius 1 is 1.26 bits per heavy atom. The highest BCUT2D eigenvalue weighted by Crippen LogP contribution is 2.34.